The van der Waals surface area contributed by atoms with Crippen molar-refractivity contribution in [2.24, 2.45) is 0 Å². The van der Waals surface area contributed by atoms with E-state index in [1.807, 2.05) is 0 Å². The summed E-state index contributed by atoms with van der Waals surface area (Å²) in [4.78, 5) is 0.0610. The van der Waals surface area contributed by atoms with Gasteiger partial charge in [-0.15, -0.1) is 0 Å². The third-order valence-corrected chi connectivity index (χ3v) is 5.60. The molecule has 0 atom stereocenters. The highest BCUT2D eigenvalue weighted by Gasteiger charge is 2.23. The molecule has 1 fully saturated rings. The van der Waals surface area contributed by atoms with Gasteiger partial charge < -0.3 is 0 Å². The van der Waals surface area contributed by atoms with Crippen LogP contribution in [0.2, 0.25) is 10.0 Å². The molecular weight excluding hydrogens is 305 g/mol. The van der Waals surface area contributed by atoms with Crippen LogP contribution in [-0.2, 0) is 10.0 Å². The number of halogens is 2. The highest BCUT2D eigenvalue weighted by molar-refractivity contribution is 7.89. The van der Waals surface area contributed by atoms with Gasteiger partial charge in [-0.25, -0.2) is 13.1 Å². The summed E-state index contributed by atoms with van der Waals surface area (Å²) in [5.74, 6) is 0. The lowest BCUT2D eigenvalue weighted by Gasteiger charge is -2.17. The predicted molar refractivity (Wildman–Crippen MR) is 78.3 cm³/mol. The van der Waals surface area contributed by atoms with Gasteiger partial charge in [0.15, 0.2) is 0 Å². The van der Waals surface area contributed by atoms with Crippen LogP contribution in [0.3, 0.4) is 0 Å². The minimum atomic E-state index is -3.60. The second-order valence-corrected chi connectivity index (χ2v) is 7.41. The molecule has 106 valence electrons. The van der Waals surface area contributed by atoms with Crippen molar-refractivity contribution < 1.29 is 8.42 Å². The Bertz CT molecular complexity index is 538. The van der Waals surface area contributed by atoms with E-state index in [0.717, 1.165) is 25.7 Å². The van der Waals surface area contributed by atoms with E-state index < -0.39 is 10.0 Å². The summed E-state index contributed by atoms with van der Waals surface area (Å²) in [6.45, 7) is 0. The van der Waals surface area contributed by atoms with E-state index in [1.54, 1.807) is 6.07 Å². The normalized spacial score (nSPS) is 18.2. The molecule has 0 amide bonds. The quantitative estimate of drug-likeness (QED) is 0.855. The van der Waals surface area contributed by atoms with Crippen molar-refractivity contribution in [2.75, 3.05) is 0 Å². The van der Waals surface area contributed by atoms with E-state index in [-0.39, 0.29) is 16.0 Å². The van der Waals surface area contributed by atoms with Crippen molar-refractivity contribution >= 4 is 33.2 Å². The van der Waals surface area contributed by atoms with Gasteiger partial charge in [-0.2, -0.15) is 0 Å². The molecule has 0 saturated heterocycles. The van der Waals surface area contributed by atoms with Crippen molar-refractivity contribution in [3.63, 3.8) is 0 Å². The van der Waals surface area contributed by atoms with E-state index in [9.17, 15) is 8.42 Å². The molecular formula is C13H17Cl2NO2S. The van der Waals surface area contributed by atoms with Crippen molar-refractivity contribution in [1.82, 2.24) is 4.72 Å². The zero-order chi connectivity index (χ0) is 13.9. The number of sulfonamides is 1. The maximum atomic E-state index is 12.3. The summed E-state index contributed by atoms with van der Waals surface area (Å²) in [6.07, 6.45) is 6.26. The van der Waals surface area contributed by atoms with Crippen LogP contribution in [0.25, 0.3) is 0 Å². The first-order valence-corrected chi connectivity index (χ1v) is 8.70. The van der Waals surface area contributed by atoms with Crippen LogP contribution < -0.4 is 4.72 Å². The molecule has 0 bridgehead atoms. The maximum absolute atomic E-state index is 12.3. The van der Waals surface area contributed by atoms with Crippen LogP contribution >= 0.6 is 23.2 Å². The number of rotatable bonds is 3. The first kappa shape index (κ1) is 15.1. The average molecular weight is 322 g/mol. The Kier molecular flexibility index (Phi) is 5.12. The van der Waals surface area contributed by atoms with Gasteiger partial charge in [0.05, 0.1) is 5.02 Å². The zero-order valence-corrected chi connectivity index (χ0v) is 12.9. The molecule has 0 aromatic heterocycles. The van der Waals surface area contributed by atoms with Gasteiger partial charge in [0.1, 0.15) is 4.90 Å². The third kappa shape index (κ3) is 4.09. The summed E-state index contributed by atoms with van der Waals surface area (Å²) in [5.41, 5.74) is 0. The summed E-state index contributed by atoms with van der Waals surface area (Å²) >= 11 is 11.8. The van der Waals surface area contributed by atoms with E-state index >= 15 is 0 Å². The molecule has 0 heterocycles. The van der Waals surface area contributed by atoms with Gasteiger partial charge in [-0.1, -0.05) is 48.9 Å². The molecule has 19 heavy (non-hydrogen) atoms. The molecule has 1 aromatic rings. The van der Waals surface area contributed by atoms with Crippen LogP contribution in [0.1, 0.15) is 38.5 Å². The van der Waals surface area contributed by atoms with Crippen LogP contribution in [0.15, 0.2) is 23.1 Å². The Labute approximate surface area is 124 Å². The summed E-state index contributed by atoms with van der Waals surface area (Å²) < 4.78 is 27.4. The fraction of sp³-hybridized carbons (Fsp3) is 0.538. The van der Waals surface area contributed by atoms with E-state index in [0.29, 0.717) is 5.02 Å². The van der Waals surface area contributed by atoms with Crippen molar-refractivity contribution in [3.8, 4) is 0 Å². The Morgan fingerprint density at radius 2 is 1.68 bits per heavy atom. The minimum Gasteiger partial charge on any atom is -0.208 e. The van der Waals surface area contributed by atoms with E-state index in [4.69, 9.17) is 23.2 Å². The Balaban J connectivity index is 2.19. The largest absolute Gasteiger partial charge is 0.242 e. The van der Waals surface area contributed by atoms with Gasteiger partial charge in [-0.05, 0) is 31.0 Å². The topological polar surface area (TPSA) is 46.2 Å². The second kappa shape index (κ2) is 6.44. The first-order chi connectivity index (χ1) is 8.99. The molecule has 0 spiro atoms. The highest BCUT2D eigenvalue weighted by atomic mass is 35.5. The van der Waals surface area contributed by atoms with Crippen molar-refractivity contribution in [3.05, 3.63) is 28.2 Å². The monoisotopic (exact) mass is 321 g/mol. The lowest BCUT2D eigenvalue weighted by molar-refractivity contribution is 0.510. The Hall–Kier alpha value is -0.290. The first-order valence-electron chi connectivity index (χ1n) is 6.46. The highest BCUT2D eigenvalue weighted by Crippen LogP contribution is 2.26. The third-order valence-electron chi connectivity index (χ3n) is 3.36. The average Bonchev–Trinajstić information content (AvgIpc) is 2.60. The minimum absolute atomic E-state index is 0.00236. The molecule has 0 unspecified atom stereocenters. The molecule has 0 aliphatic heterocycles. The summed E-state index contributed by atoms with van der Waals surface area (Å²) in [7, 11) is -3.60. The lowest BCUT2D eigenvalue weighted by Crippen LogP contribution is -2.34. The smallest absolute Gasteiger partial charge is 0.208 e. The number of benzene rings is 1. The SMILES string of the molecule is O=S(=O)(NC1CCCCCC1)c1cc(Cl)ccc1Cl. The fourth-order valence-corrected chi connectivity index (χ4v) is 4.43. The van der Waals surface area contributed by atoms with Crippen LogP contribution in [0, 0.1) is 0 Å². The lowest BCUT2D eigenvalue weighted by atomic mass is 10.1. The molecule has 2 rings (SSSR count). The number of hydrogen-bond acceptors (Lipinski definition) is 2. The molecule has 3 nitrogen and oxygen atoms in total. The summed E-state index contributed by atoms with van der Waals surface area (Å²) in [6, 6.07) is 4.48. The Morgan fingerprint density at radius 3 is 2.32 bits per heavy atom. The number of nitrogens with one attached hydrogen (secondary N) is 1. The standard InChI is InChI=1S/C13H17Cl2NO2S/c14-10-7-8-12(15)13(9-10)19(17,18)16-11-5-3-1-2-4-6-11/h7-9,11,16H,1-6H2. The van der Waals surface area contributed by atoms with Gasteiger partial charge in [0.25, 0.3) is 0 Å². The summed E-state index contributed by atoms with van der Waals surface area (Å²) in [5, 5.41) is 0.566. The van der Waals surface area contributed by atoms with Crippen LogP contribution in [0.4, 0.5) is 0 Å². The van der Waals surface area contributed by atoms with E-state index in [1.165, 1.54) is 25.0 Å². The molecule has 1 N–H and O–H groups in total. The molecule has 1 aromatic carbocycles. The molecule has 6 heteroatoms. The second-order valence-electron chi connectivity index (χ2n) is 4.88. The molecule has 1 aliphatic carbocycles. The van der Waals surface area contributed by atoms with E-state index in [2.05, 4.69) is 4.72 Å². The molecule has 0 radical (unpaired) electrons. The van der Waals surface area contributed by atoms with Gasteiger partial charge in [0.2, 0.25) is 10.0 Å². The van der Waals surface area contributed by atoms with Crippen molar-refractivity contribution in [2.45, 2.75) is 49.5 Å². The Morgan fingerprint density at radius 1 is 1.05 bits per heavy atom. The van der Waals surface area contributed by atoms with Crippen molar-refractivity contribution in [1.29, 1.82) is 0 Å². The van der Waals surface area contributed by atoms with Gasteiger partial charge >= 0.3 is 0 Å². The van der Waals surface area contributed by atoms with Crippen LogP contribution in [-0.4, -0.2) is 14.5 Å². The van der Waals surface area contributed by atoms with Gasteiger partial charge in [-0.3, -0.25) is 0 Å². The zero-order valence-electron chi connectivity index (χ0n) is 10.5. The van der Waals surface area contributed by atoms with Crippen LogP contribution in [0.5, 0.6) is 0 Å². The maximum Gasteiger partial charge on any atom is 0.242 e. The number of hydrogen-bond donors (Lipinski definition) is 1. The predicted octanol–water partition coefficient (Wildman–Crippen LogP) is 3.99. The fourth-order valence-electron chi connectivity index (χ4n) is 2.36. The molecule has 1 saturated carbocycles. The van der Waals surface area contributed by atoms with Gasteiger partial charge in [0, 0.05) is 11.1 Å². The molecule has 1 aliphatic rings.